The largest absolute Gasteiger partial charge is 0.493 e. The number of hydrogen-bond acceptors (Lipinski definition) is 11. The average molecular weight is 789 g/mol. The van der Waals surface area contributed by atoms with E-state index in [1.165, 1.54) is 0 Å². The molecule has 6 rings (SSSR count). The Hall–Kier alpha value is -4.68. The lowest BCUT2D eigenvalue weighted by Gasteiger charge is -2.35. The minimum absolute atomic E-state index is 0.0619. The third-order valence-electron chi connectivity index (χ3n) is 11.7. The fourth-order valence-electron chi connectivity index (χ4n) is 8.59. The van der Waals surface area contributed by atoms with E-state index in [2.05, 4.69) is 4.90 Å². The second-order valence-corrected chi connectivity index (χ2v) is 15.1. The molecule has 3 atom stereocenters. The summed E-state index contributed by atoms with van der Waals surface area (Å²) in [4.78, 5) is 33.4. The standard InChI is InChI=1S/C45H60N2O10/c1-50-38-19-17-31(27-39(38)51-2)16-18-37(33-13-9-14-35(28-33)56-26-23-46-21-24-55-25-22-46)57-45(49)36-15-10-20-47(36)44(48)42(32-11-7-6-8-12-32)34-29-40(52-3)43(54-5)41(30-34)53-4/h9,13-14,17,19,27-30,32,36-37,42H,6-8,10-12,15-16,18,20-26H2,1-5H3/t36?,37-,42?/m1/s1. The molecule has 1 saturated carbocycles. The van der Waals surface area contributed by atoms with Crippen molar-refractivity contribution in [2.75, 3.05) is 81.5 Å². The van der Waals surface area contributed by atoms with Gasteiger partial charge in [0.25, 0.3) is 0 Å². The molecule has 1 amide bonds. The highest BCUT2D eigenvalue weighted by Gasteiger charge is 2.42. The van der Waals surface area contributed by atoms with Gasteiger partial charge in [0.2, 0.25) is 11.7 Å². The summed E-state index contributed by atoms with van der Waals surface area (Å²) < 4.78 is 46.2. The molecule has 0 bridgehead atoms. The van der Waals surface area contributed by atoms with Crippen LogP contribution in [0.3, 0.4) is 0 Å². The number of aryl methyl sites for hydroxylation is 1. The van der Waals surface area contributed by atoms with E-state index < -0.39 is 24.0 Å². The summed E-state index contributed by atoms with van der Waals surface area (Å²) >= 11 is 0. The minimum Gasteiger partial charge on any atom is -0.493 e. The van der Waals surface area contributed by atoms with Crippen LogP contribution in [0, 0.1) is 5.92 Å². The maximum absolute atomic E-state index is 14.9. The molecule has 3 fully saturated rings. The molecule has 12 nitrogen and oxygen atoms in total. The molecule has 1 aliphatic carbocycles. The molecule has 2 unspecified atom stereocenters. The summed E-state index contributed by atoms with van der Waals surface area (Å²) in [5.41, 5.74) is 2.66. The molecule has 0 N–H and O–H groups in total. The van der Waals surface area contributed by atoms with Gasteiger partial charge in [0.15, 0.2) is 23.0 Å². The molecule has 2 saturated heterocycles. The molecule has 12 heteroatoms. The van der Waals surface area contributed by atoms with Gasteiger partial charge in [0.1, 0.15) is 24.5 Å². The first-order chi connectivity index (χ1) is 27.9. The van der Waals surface area contributed by atoms with Gasteiger partial charge in [-0.3, -0.25) is 9.69 Å². The van der Waals surface area contributed by atoms with Crippen LogP contribution in [0.15, 0.2) is 54.6 Å². The van der Waals surface area contributed by atoms with E-state index in [1.54, 1.807) is 40.4 Å². The van der Waals surface area contributed by atoms with Crippen LogP contribution in [-0.4, -0.2) is 109 Å². The summed E-state index contributed by atoms with van der Waals surface area (Å²) in [5.74, 6) is 2.67. The molecular formula is C45H60N2O10. The zero-order valence-corrected chi connectivity index (χ0v) is 34.3. The molecule has 3 aliphatic rings. The topological polar surface area (TPSA) is 114 Å². The lowest BCUT2D eigenvalue weighted by molar-refractivity contribution is -0.159. The van der Waals surface area contributed by atoms with Crippen molar-refractivity contribution in [3.63, 3.8) is 0 Å². The van der Waals surface area contributed by atoms with E-state index >= 15 is 0 Å². The maximum atomic E-state index is 14.9. The number of esters is 1. The van der Waals surface area contributed by atoms with E-state index in [0.29, 0.717) is 73.3 Å². The molecular weight excluding hydrogens is 728 g/mol. The molecule has 0 spiro atoms. The van der Waals surface area contributed by atoms with Crippen LogP contribution < -0.4 is 28.4 Å². The lowest BCUT2D eigenvalue weighted by Crippen LogP contribution is -2.45. The molecule has 2 aliphatic heterocycles. The zero-order valence-electron chi connectivity index (χ0n) is 34.3. The van der Waals surface area contributed by atoms with Gasteiger partial charge < -0.3 is 42.8 Å². The lowest BCUT2D eigenvalue weighted by atomic mass is 9.76. The first-order valence-electron chi connectivity index (χ1n) is 20.4. The number of carbonyl (C=O) groups excluding carboxylic acids is 2. The smallest absolute Gasteiger partial charge is 0.329 e. The molecule has 0 aromatic heterocycles. The Morgan fingerprint density at radius 3 is 2.14 bits per heavy atom. The van der Waals surface area contributed by atoms with Crippen molar-refractivity contribution < 1.29 is 47.5 Å². The summed E-state index contributed by atoms with van der Waals surface area (Å²) in [6.45, 7) is 5.07. The van der Waals surface area contributed by atoms with Crippen molar-refractivity contribution in [2.24, 2.45) is 5.92 Å². The number of morpholine rings is 1. The number of carbonyl (C=O) groups is 2. The fourth-order valence-corrected chi connectivity index (χ4v) is 8.59. The fraction of sp³-hybridized carbons (Fsp3) is 0.556. The van der Waals surface area contributed by atoms with Crippen molar-refractivity contribution in [3.8, 4) is 34.5 Å². The van der Waals surface area contributed by atoms with Crippen molar-refractivity contribution >= 4 is 11.9 Å². The SMILES string of the molecule is COc1ccc(CC[C@@H](OC(=O)C2CCCN2C(=O)C(c2cc(OC)c(OC)c(OC)c2)C2CCCCC2)c2cccc(OCCN3CCOCC3)c2)cc1OC. The predicted octanol–water partition coefficient (Wildman–Crippen LogP) is 7.01. The van der Waals surface area contributed by atoms with Crippen LogP contribution in [-0.2, 0) is 25.5 Å². The highest BCUT2D eigenvalue weighted by molar-refractivity contribution is 5.90. The zero-order chi connectivity index (χ0) is 40.1. The Balaban J connectivity index is 1.24. The summed E-state index contributed by atoms with van der Waals surface area (Å²) in [6, 6.07) is 16.7. The number of nitrogens with zero attached hydrogens (tertiary/aromatic N) is 2. The Labute approximate surface area is 337 Å². The number of ether oxygens (including phenoxy) is 8. The number of benzene rings is 3. The van der Waals surface area contributed by atoms with Gasteiger partial charge in [0.05, 0.1) is 54.7 Å². The number of hydrogen-bond donors (Lipinski definition) is 0. The molecule has 3 aromatic rings. The van der Waals surface area contributed by atoms with Gasteiger partial charge in [-0.05, 0) is 97.5 Å². The molecule has 57 heavy (non-hydrogen) atoms. The van der Waals surface area contributed by atoms with E-state index in [4.69, 9.17) is 37.9 Å². The summed E-state index contributed by atoms with van der Waals surface area (Å²) in [7, 11) is 7.97. The first-order valence-corrected chi connectivity index (χ1v) is 20.4. The predicted molar refractivity (Wildman–Crippen MR) is 216 cm³/mol. The van der Waals surface area contributed by atoms with Crippen molar-refractivity contribution in [1.82, 2.24) is 9.80 Å². The molecule has 2 heterocycles. The highest BCUT2D eigenvalue weighted by Crippen LogP contribution is 2.45. The van der Waals surface area contributed by atoms with Crippen molar-refractivity contribution in [3.05, 3.63) is 71.3 Å². The van der Waals surface area contributed by atoms with Gasteiger partial charge >= 0.3 is 5.97 Å². The number of methoxy groups -OCH3 is 5. The minimum atomic E-state index is -0.706. The van der Waals surface area contributed by atoms with E-state index in [0.717, 1.165) is 81.6 Å². The van der Waals surface area contributed by atoms with Crippen LogP contribution in [0.5, 0.6) is 34.5 Å². The van der Waals surface area contributed by atoms with Gasteiger partial charge in [-0.1, -0.05) is 37.5 Å². The van der Waals surface area contributed by atoms with Gasteiger partial charge in [-0.2, -0.15) is 0 Å². The Kier molecular flexibility index (Phi) is 15.2. The van der Waals surface area contributed by atoms with E-state index in [9.17, 15) is 9.59 Å². The van der Waals surface area contributed by atoms with Crippen LogP contribution in [0.2, 0.25) is 0 Å². The van der Waals surface area contributed by atoms with Crippen LogP contribution in [0.4, 0.5) is 0 Å². The first kappa shape index (κ1) is 41.9. The average Bonchev–Trinajstić information content (AvgIpc) is 3.76. The second kappa shape index (κ2) is 20.7. The summed E-state index contributed by atoms with van der Waals surface area (Å²) in [5, 5.41) is 0. The van der Waals surface area contributed by atoms with Crippen molar-refractivity contribution in [2.45, 2.75) is 75.9 Å². The van der Waals surface area contributed by atoms with E-state index in [-0.39, 0.29) is 11.8 Å². The molecule has 310 valence electrons. The normalized spacial score (nSPS) is 18.7. The quantitative estimate of drug-likeness (QED) is 0.124. The second-order valence-electron chi connectivity index (χ2n) is 15.1. The number of amides is 1. The van der Waals surface area contributed by atoms with Crippen LogP contribution in [0.25, 0.3) is 0 Å². The maximum Gasteiger partial charge on any atom is 0.329 e. The Morgan fingerprint density at radius 1 is 0.737 bits per heavy atom. The van der Waals surface area contributed by atoms with Gasteiger partial charge in [0, 0.05) is 26.2 Å². The van der Waals surface area contributed by atoms with Gasteiger partial charge in [-0.15, -0.1) is 0 Å². The Bertz CT molecular complexity index is 1750. The van der Waals surface area contributed by atoms with E-state index in [1.807, 2.05) is 54.6 Å². The number of likely N-dealkylation sites (tertiary alicyclic amines) is 1. The number of rotatable bonds is 18. The molecule has 0 radical (unpaired) electrons. The van der Waals surface area contributed by atoms with Crippen LogP contribution in [0.1, 0.15) is 80.1 Å². The Morgan fingerprint density at radius 2 is 1.46 bits per heavy atom. The van der Waals surface area contributed by atoms with Gasteiger partial charge in [-0.25, -0.2) is 4.79 Å². The monoisotopic (exact) mass is 788 g/mol. The summed E-state index contributed by atoms with van der Waals surface area (Å²) in [6.07, 6.45) is 6.90. The van der Waals surface area contributed by atoms with Crippen LogP contribution >= 0.6 is 0 Å². The van der Waals surface area contributed by atoms with Crippen molar-refractivity contribution in [1.29, 1.82) is 0 Å². The molecule has 3 aromatic carbocycles. The third kappa shape index (κ3) is 10.4. The highest BCUT2D eigenvalue weighted by atomic mass is 16.5. The third-order valence-corrected chi connectivity index (χ3v) is 11.7.